The highest BCUT2D eigenvalue weighted by molar-refractivity contribution is 5.96. The molecule has 0 spiro atoms. The molecule has 3 amide bonds. The van der Waals surface area contributed by atoms with Gasteiger partial charge >= 0.3 is 6.03 Å². The first-order valence-corrected chi connectivity index (χ1v) is 9.25. The predicted molar refractivity (Wildman–Crippen MR) is 95.4 cm³/mol. The Morgan fingerprint density at radius 2 is 1.80 bits per heavy atom. The van der Waals surface area contributed by atoms with Crippen molar-refractivity contribution in [1.82, 2.24) is 15.1 Å². The zero-order chi connectivity index (χ0) is 17.5. The lowest BCUT2D eigenvalue weighted by Crippen LogP contribution is -2.49. The third-order valence-electron chi connectivity index (χ3n) is 4.76. The van der Waals surface area contributed by atoms with E-state index in [-0.39, 0.29) is 11.9 Å². The first-order valence-electron chi connectivity index (χ1n) is 9.25. The molecule has 2 fully saturated rings. The minimum atomic E-state index is -0.311. The Labute approximate surface area is 149 Å². The number of hydrogen-bond acceptors (Lipinski definition) is 4. The fraction of sp³-hybridized carbons (Fsp3) is 0.579. The summed E-state index contributed by atoms with van der Waals surface area (Å²) in [6.45, 7) is 4.99. The molecule has 2 heterocycles. The molecule has 6 nitrogen and oxygen atoms in total. The summed E-state index contributed by atoms with van der Waals surface area (Å²) in [7, 11) is 0. The van der Waals surface area contributed by atoms with Crippen molar-refractivity contribution in [3.63, 3.8) is 0 Å². The van der Waals surface area contributed by atoms with Crippen LogP contribution in [0.3, 0.4) is 0 Å². The Hall–Kier alpha value is -2.08. The Kier molecular flexibility index (Phi) is 6.28. The summed E-state index contributed by atoms with van der Waals surface area (Å²) < 4.78 is 5.80. The Bertz CT molecular complexity index is 566. The van der Waals surface area contributed by atoms with Crippen molar-refractivity contribution >= 4 is 11.9 Å². The maximum absolute atomic E-state index is 11.8. The number of ether oxygens (including phenoxy) is 1. The largest absolute Gasteiger partial charge is 0.494 e. The summed E-state index contributed by atoms with van der Waals surface area (Å²) in [4.78, 5) is 27.3. The molecule has 0 radical (unpaired) electrons. The second-order valence-electron chi connectivity index (χ2n) is 6.71. The molecule has 136 valence electrons. The molecule has 0 aromatic heterocycles. The van der Waals surface area contributed by atoms with Gasteiger partial charge < -0.3 is 15.0 Å². The van der Waals surface area contributed by atoms with Gasteiger partial charge in [-0.15, -0.1) is 0 Å². The van der Waals surface area contributed by atoms with Crippen LogP contribution >= 0.6 is 0 Å². The van der Waals surface area contributed by atoms with Crippen molar-refractivity contribution in [3.8, 4) is 5.75 Å². The molecule has 6 heteroatoms. The van der Waals surface area contributed by atoms with E-state index in [9.17, 15) is 9.59 Å². The molecule has 2 saturated heterocycles. The van der Waals surface area contributed by atoms with Crippen LogP contribution in [0.2, 0.25) is 0 Å². The molecule has 0 atom stereocenters. The molecular weight excluding hydrogens is 318 g/mol. The number of carbonyl (C=O) groups excluding carboxylic acids is 2. The van der Waals surface area contributed by atoms with Crippen molar-refractivity contribution in [2.45, 2.75) is 38.6 Å². The average Bonchev–Trinajstić information content (AvgIpc) is 2.64. The molecule has 0 unspecified atom stereocenters. The minimum absolute atomic E-state index is 0.123. The van der Waals surface area contributed by atoms with Crippen LogP contribution in [0.4, 0.5) is 4.79 Å². The van der Waals surface area contributed by atoms with Crippen molar-refractivity contribution < 1.29 is 14.3 Å². The monoisotopic (exact) mass is 345 g/mol. The number of nitrogens with one attached hydrogen (secondary N) is 1. The number of likely N-dealkylation sites (tertiary alicyclic amines) is 1. The number of imide groups is 1. The van der Waals surface area contributed by atoms with Gasteiger partial charge in [-0.1, -0.05) is 18.6 Å². The number of hydrogen-bond donors (Lipinski definition) is 1. The Morgan fingerprint density at radius 3 is 2.52 bits per heavy atom. The van der Waals surface area contributed by atoms with Crippen LogP contribution in [0.15, 0.2) is 24.3 Å². The molecule has 0 bridgehead atoms. The maximum Gasteiger partial charge on any atom is 0.324 e. The summed E-state index contributed by atoms with van der Waals surface area (Å²) in [5.74, 6) is 0.707. The minimum Gasteiger partial charge on any atom is -0.494 e. The predicted octanol–water partition coefficient (Wildman–Crippen LogP) is 2.38. The van der Waals surface area contributed by atoms with Gasteiger partial charge in [-0.05, 0) is 50.0 Å². The van der Waals surface area contributed by atoms with Gasteiger partial charge in [0.05, 0.1) is 13.2 Å². The molecule has 2 aliphatic rings. The number of piperidine rings is 1. The summed E-state index contributed by atoms with van der Waals surface area (Å²) >= 11 is 0. The van der Waals surface area contributed by atoms with E-state index in [1.54, 1.807) is 0 Å². The molecule has 1 N–H and O–H groups in total. The van der Waals surface area contributed by atoms with Crippen LogP contribution in [0, 0.1) is 0 Å². The van der Waals surface area contributed by atoms with Crippen LogP contribution in [-0.2, 0) is 11.3 Å². The van der Waals surface area contributed by atoms with Gasteiger partial charge in [0.1, 0.15) is 5.75 Å². The van der Waals surface area contributed by atoms with E-state index in [4.69, 9.17) is 4.74 Å². The second kappa shape index (κ2) is 8.85. The van der Waals surface area contributed by atoms with Gasteiger partial charge in [0.15, 0.2) is 0 Å². The van der Waals surface area contributed by atoms with E-state index in [2.05, 4.69) is 10.2 Å². The number of nitrogens with zero attached hydrogens (tertiary/aromatic N) is 2. The number of urea groups is 1. The molecule has 3 rings (SSSR count). The highest BCUT2D eigenvalue weighted by atomic mass is 16.5. The first kappa shape index (κ1) is 17.7. The lowest BCUT2D eigenvalue weighted by atomic mass is 10.1. The van der Waals surface area contributed by atoms with Crippen LogP contribution < -0.4 is 10.1 Å². The van der Waals surface area contributed by atoms with Crippen LogP contribution in [0.25, 0.3) is 0 Å². The van der Waals surface area contributed by atoms with Gasteiger partial charge in [-0.2, -0.15) is 0 Å². The fourth-order valence-corrected chi connectivity index (χ4v) is 3.31. The summed E-state index contributed by atoms with van der Waals surface area (Å²) in [5, 5.41) is 2.69. The van der Waals surface area contributed by atoms with E-state index in [0.717, 1.165) is 24.3 Å². The smallest absolute Gasteiger partial charge is 0.324 e. The number of amides is 3. The van der Waals surface area contributed by atoms with Gasteiger partial charge in [0, 0.05) is 19.5 Å². The maximum atomic E-state index is 11.8. The van der Waals surface area contributed by atoms with Crippen molar-refractivity contribution in [3.05, 3.63) is 29.8 Å². The number of rotatable bonds is 7. The lowest BCUT2D eigenvalue weighted by Gasteiger charge is -2.26. The fourth-order valence-electron chi connectivity index (χ4n) is 3.31. The molecule has 25 heavy (non-hydrogen) atoms. The average molecular weight is 345 g/mol. The van der Waals surface area contributed by atoms with E-state index in [1.165, 1.54) is 37.3 Å². The van der Waals surface area contributed by atoms with E-state index in [0.29, 0.717) is 26.1 Å². The zero-order valence-electron chi connectivity index (χ0n) is 14.7. The van der Waals surface area contributed by atoms with Crippen molar-refractivity contribution in [1.29, 1.82) is 0 Å². The van der Waals surface area contributed by atoms with Crippen LogP contribution in [-0.4, -0.2) is 54.5 Å². The normalized spacial score (nSPS) is 19.0. The SMILES string of the molecule is O=C1CCNC(=O)N1Cc1ccc(OCCCN2CCCCC2)cc1. The topological polar surface area (TPSA) is 61.9 Å². The molecule has 2 aliphatic heterocycles. The molecule has 1 aromatic carbocycles. The highest BCUT2D eigenvalue weighted by Gasteiger charge is 2.25. The lowest BCUT2D eigenvalue weighted by molar-refractivity contribution is -0.129. The van der Waals surface area contributed by atoms with Crippen LogP contribution in [0.5, 0.6) is 5.75 Å². The highest BCUT2D eigenvalue weighted by Crippen LogP contribution is 2.16. The van der Waals surface area contributed by atoms with Crippen molar-refractivity contribution in [2.24, 2.45) is 0 Å². The third-order valence-corrected chi connectivity index (χ3v) is 4.76. The summed E-state index contributed by atoms with van der Waals surface area (Å²) in [6.07, 6.45) is 5.40. The molecular formula is C19H27N3O3. The van der Waals surface area contributed by atoms with Crippen molar-refractivity contribution in [2.75, 3.05) is 32.8 Å². The standard InChI is InChI=1S/C19H27N3O3/c23-18-9-10-20-19(24)22(18)15-16-5-7-17(8-6-16)25-14-4-13-21-11-2-1-3-12-21/h5-8H,1-4,9-15H2,(H,20,24). The number of benzene rings is 1. The second-order valence-corrected chi connectivity index (χ2v) is 6.71. The van der Waals surface area contributed by atoms with Crippen LogP contribution in [0.1, 0.15) is 37.7 Å². The van der Waals surface area contributed by atoms with Gasteiger partial charge in [0.25, 0.3) is 0 Å². The molecule has 0 saturated carbocycles. The first-order chi connectivity index (χ1) is 12.2. The third kappa shape index (κ3) is 5.19. The summed E-state index contributed by atoms with van der Waals surface area (Å²) in [6, 6.07) is 7.32. The van der Waals surface area contributed by atoms with E-state index >= 15 is 0 Å². The Balaban J connectivity index is 1.41. The van der Waals surface area contributed by atoms with Gasteiger partial charge in [0.2, 0.25) is 5.91 Å². The van der Waals surface area contributed by atoms with E-state index < -0.39 is 0 Å². The molecule has 1 aromatic rings. The zero-order valence-corrected chi connectivity index (χ0v) is 14.7. The van der Waals surface area contributed by atoms with Gasteiger partial charge in [-0.3, -0.25) is 9.69 Å². The van der Waals surface area contributed by atoms with Gasteiger partial charge in [-0.25, -0.2) is 4.79 Å². The Morgan fingerprint density at radius 1 is 1.04 bits per heavy atom. The summed E-state index contributed by atoms with van der Waals surface area (Å²) in [5.41, 5.74) is 0.922. The number of carbonyl (C=O) groups is 2. The molecule has 0 aliphatic carbocycles. The van der Waals surface area contributed by atoms with E-state index in [1.807, 2.05) is 24.3 Å². The quantitative estimate of drug-likeness (QED) is 0.771.